The van der Waals surface area contributed by atoms with Crippen molar-refractivity contribution in [2.45, 2.75) is 70.6 Å². The number of hydrogen-bond donors (Lipinski definition) is 2. The molecular weight excluding hydrogens is 250 g/mol. The zero-order valence-corrected chi connectivity index (χ0v) is 14.0. The average molecular weight is 283 g/mol. The van der Waals surface area contributed by atoms with E-state index in [2.05, 4.69) is 50.2 Å². The minimum Gasteiger partial charge on any atom is -0.379 e. The second kappa shape index (κ2) is 5.91. The Hall–Kier alpha value is -0.160. The molecule has 0 aromatic heterocycles. The molecule has 2 heterocycles. The molecule has 0 amide bonds. The van der Waals surface area contributed by atoms with Gasteiger partial charge < -0.3 is 10.1 Å². The first-order chi connectivity index (χ1) is 9.29. The second-order valence-electron chi connectivity index (χ2n) is 7.80. The lowest BCUT2D eigenvalue weighted by Crippen LogP contribution is -2.73. The van der Waals surface area contributed by atoms with Gasteiger partial charge in [-0.15, -0.1) is 0 Å². The van der Waals surface area contributed by atoms with Crippen LogP contribution in [0.2, 0.25) is 0 Å². The average Bonchev–Trinajstić information content (AvgIpc) is 2.34. The highest BCUT2D eigenvalue weighted by Crippen LogP contribution is 2.38. The Labute approximate surface area is 124 Å². The molecule has 2 fully saturated rings. The van der Waals surface area contributed by atoms with Crippen LogP contribution in [0.1, 0.15) is 53.9 Å². The molecule has 0 radical (unpaired) electrons. The highest BCUT2D eigenvalue weighted by Gasteiger charge is 2.49. The molecule has 0 aliphatic carbocycles. The summed E-state index contributed by atoms with van der Waals surface area (Å²) in [6, 6.07) is 0. The van der Waals surface area contributed by atoms with Gasteiger partial charge in [0.05, 0.1) is 18.9 Å². The fraction of sp³-hybridized carbons (Fsp3) is 1.00. The van der Waals surface area contributed by atoms with Gasteiger partial charge in [0.25, 0.3) is 0 Å². The largest absolute Gasteiger partial charge is 0.379 e. The third-order valence-electron chi connectivity index (χ3n) is 4.47. The van der Waals surface area contributed by atoms with E-state index in [9.17, 15) is 0 Å². The number of piperidine rings is 1. The van der Waals surface area contributed by atoms with E-state index < -0.39 is 0 Å². The predicted octanol–water partition coefficient (Wildman–Crippen LogP) is 1.96. The van der Waals surface area contributed by atoms with E-state index in [1.165, 1.54) is 6.42 Å². The molecule has 0 bridgehead atoms. The lowest BCUT2D eigenvalue weighted by molar-refractivity contribution is -0.0835. The molecule has 0 spiro atoms. The van der Waals surface area contributed by atoms with Crippen LogP contribution in [0.3, 0.4) is 0 Å². The fourth-order valence-corrected chi connectivity index (χ4v) is 4.34. The van der Waals surface area contributed by atoms with Crippen molar-refractivity contribution in [3.8, 4) is 0 Å². The molecule has 0 aromatic rings. The predicted molar refractivity (Wildman–Crippen MR) is 83.9 cm³/mol. The highest BCUT2D eigenvalue weighted by molar-refractivity contribution is 5.07. The van der Waals surface area contributed by atoms with Crippen molar-refractivity contribution in [2.24, 2.45) is 0 Å². The third kappa shape index (κ3) is 3.73. The molecule has 118 valence electrons. The van der Waals surface area contributed by atoms with Crippen molar-refractivity contribution in [3.05, 3.63) is 0 Å². The first-order valence-electron chi connectivity index (χ1n) is 8.16. The first kappa shape index (κ1) is 16.2. The Morgan fingerprint density at radius 1 is 1.05 bits per heavy atom. The topological polar surface area (TPSA) is 36.5 Å². The Morgan fingerprint density at radius 3 is 2.10 bits per heavy atom. The smallest absolute Gasteiger partial charge is 0.0749 e. The molecule has 2 aliphatic rings. The van der Waals surface area contributed by atoms with Crippen LogP contribution >= 0.6 is 0 Å². The summed E-state index contributed by atoms with van der Waals surface area (Å²) in [5.74, 6) is 0. The van der Waals surface area contributed by atoms with Crippen LogP contribution in [0.25, 0.3) is 0 Å². The van der Waals surface area contributed by atoms with Crippen molar-refractivity contribution in [1.29, 1.82) is 0 Å². The number of nitrogens with zero attached hydrogens (tertiary/aromatic N) is 1. The summed E-state index contributed by atoms with van der Waals surface area (Å²) in [6.07, 6.45) is 3.47. The maximum atomic E-state index is 5.56. The van der Waals surface area contributed by atoms with E-state index in [0.717, 1.165) is 45.7 Å². The Morgan fingerprint density at radius 2 is 1.60 bits per heavy atom. The van der Waals surface area contributed by atoms with Gasteiger partial charge in [-0.3, -0.25) is 10.2 Å². The number of hydrogen-bond acceptors (Lipinski definition) is 4. The minimum absolute atomic E-state index is 0.109. The molecule has 0 atom stereocenters. The van der Waals surface area contributed by atoms with Crippen LogP contribution in [0.15, 0.2) is 0 Å². The molecule has 4 heteroatoms. The van der Waals surface area contributed by atoms with Gasteiger partial charge in [-0.2, -0.15) is 0 Å². The number of nitrogens with one attached hydrogen (secondary N) is 2. The van der Waals surface area contributed by atoms with E-state index in [1.807, 2.05) is 0 Å². The Balaban J connectivity index is 2.24. The van der Waals surface area contributed by atoms with Crippen molar-refractivity contribution < 1.29 is 4.74 Å². The summed E-state index contributed by atoms with van der Waals surface area (Å²) in [5, 5.41) is 7.70. The molecular formula is C16H33N3O. The number of rotatable bonds is 4. The van der Waals surface area contributed by atoms with Crippen molar-refractivity contribution >= 4 is 0 Å². The lowest BCUT2D eigenvalue weighted by atomic mass is 9.74. The van der Waals surface area contributed by atoms with E-state index in [4.69, 9.17) is 4.74 Å². The zero-order chi connectivity index (χ0) is 14.9. The summed E-state index contributed by atoms with van der Waals surface area (Å²) < 4.78 is 5.56. The standard InChI is InChI=1S/C16H33N3O/c1-6-7-17-16(19-8-10-20-11-9-19)12-14(2,3)18-15(4,5)13-16/h17-18H,6-13H2,1-5H3. The van der Waals surface area contributed by atoms with E-state index in [0.29, 0.717) is 0 Å². The van der Waals surface area contributed by atoms with Gasteiger partial charge in [0.15, 0.2) is 0 Å². The Bertz CT molecular complexity index is 306. The van der Waals surface area contributed by atoms with Crippen molar-refractivity contribution in [2.75, 3.05) is 32.8 Å². The summed E-state index contributed by atoms with van der Waals surface area (Å²) in [4.78, 5) is 2.64. The first-order valence-corrected chi connectivity index (χ1v) is 8.16. The van der Waals surface area contributed by atoms with E-state index in [-0.39, 0.29) is 16.7 Å². The Kier molecular flexibility index (Phi) is 4.80. The lowest BCUT2D eigenvalue weighted by Gasteiger charge is -2.58. The maximum Gasteiger partial charge on any atom is 0.0749 e. The summed E-state index contributed by atoms with van der Waals surface area (Å²) >= 11 is 0. The molecule has 2 N–H and O–H groups in total. The minimum atomic E-state index is 0.109. The molecule has 2 saturated heterocycles. The third-order valence-corrected chi connectivity index (χ3v) is 4.47. The van der Waals surface area contributed by atoms with Crippen LogP contribution in [-0.2, 0) is 4.74 Å². The summed E-state index contributed by atoms with van der Waals surface area (Å²) in [5.41, 5.74) is 0.416. The van der Waals surface area contributed by atoms with Crippen molar-refractivity contribution in [1.82, 2.24) is 15.5 Å². The SMILES string of the molecule is CCCNC1(N2CCOCC2)CC(C)(C)NC(C)(C)C1. The van der Waals surface area contributed by atoms with Crippen LogP contribution in [0, 0.1) is 0 Å². The van der Waals surface area contributed by atoms with Gasteiger partial charge in [0.2, 0.25) is 0 Å². The zero-order valence-electron chi connectivity index (χ0n) is 14.0. The van der Waals surface area contributed by atoms with Crippen LogP contribution in [-0.4, -0.2) is 54.5 Å². The maximum absolute atomic E-state index is 5.56. The summed E-state index contributed by atoms with van der Waals surface area (Å²) in [6.45, 7) is 16.5. The molecule has 4 nitrogen and oxygen atoms in total. The number of morpholine rings is 1. The number of ether oxygens (including phenoxy) is 1. The molecule has 0 saturated carbocycles. The highest BCUT2D eigenvalue weighted by atomic mass is 16.5. The molecule has 2 aliphatic heterocycles. The van der Waals surface area contributed by atoms with Gasteiger partial charge >= 0.3 is 0 Å². The molecule has 2 rings (SSSR count). The van der Waals surface area contributed by atoms with Crippen molar-refractivity contribution in [3.63, 3.8) is 0 Å². The molecule has 0 aromatic carbocycles. The summed E-state index contributed by atoms with van der Waals surface area (Å²) in [7, 11) is 0. The monoisotopic (exact) mass is 283 g/mol. The van der Waals surface area contributed by atoms with Gasteiger partial charge in [-0.05, 0) is 53.5 Å². The molecule has 20 heavy (non-hydrogen) atoms. The van der Waals surface area contributed by atoms with Crippen LogP contribution in [0.4, 0.5) is 0 Å². The fourth-order valence-electron chi connectivity index (χ4n) is 4.34. The van der Waals surface area contributed by atoms with Crippen LogP contribution < -0.4 is 10.6 Å². The van der Waals surface area contributed by atoms with Gasteiger partial charge in [0, 0.05) is 24.2 Å². The van der Waals surface area contributed by atoms with E-state index in [1.54, 1.807) is 0 Å². The van der Waals surface area contributed by atoms with Crippen LogP contribution in [0.5, 0.6) is 0 Å². The quantitative estimate of drug-likeness (QED) is 0.827. The van der Waals surface area contributed by atoms with Gasteiger partial charge in [-0.1, -0.05) is 6.92 Å². The van der Waals surface area contributed by atoms with Gasteiger partial charge in [-0.25, -0.2) is 0 Å². The second-order valence-corrected chi connectivity index (χ2v) is 7.80. The van der Waals surface area contributed by atoms with Gasteiger partial charge in [0.1, 0.15) is 0 Å². The normalized spacial score (nSPS) is 29.2. The molecule has 0 unspecified atom stereocenters. The van der Waals surface area contributed by atoms with E-state index >= 15 is 0 Å².